The molecular weight excluding hydrogens is 260 g/mol. The Balaban J connectivity index is 2.72. The van der Waals surface area contributed by atoms with Gasteiger partial charge in [0.25, 0.3) is 5.91 Å². The summed E-state index contributed by atoms with van der Waals surface area (Å²) < 4.78 is 5.33. The normalized spacial score (nSPS) is 12.8. The lowest BCUT2D eigenvalue weighted by Gasteiger charge is -2.29. The number of carbonyl (C=O) groups is 2. The standard InChI is InChI=1S/C14H20N2O4/c1-14(2,3)11(20-4)8-16-12(17)10-7-9(13(18)19)5-6-15-10/h5-7,11H,8H2,1-4H3,(H,16,17)(H,18,19). The molecule has 0 radical (unpaired) electrons. The number of amides is 1. The zero-order chi connectivity index (χ0) is 15.3. The zero-order valence-corrected chi connectivity index (χ0v) is 12.1. The van der Waals surface area contributed by atoms with Crippen LogP contribution < -0.4 is 5.32 Å². The van der Waals surface area contributed by atoms with Gasteiger partial charge in [-0.1, -0.05) is 20.8 Å². The van der Waals surface area contributed by atoms with Crippen LogP contribution >= 0.6 is 0 Å². The lowest BCUT2D eigenvalue weighted by molar-refractivity contribution is 0.0175. The van der Waals surface area contributed by atoms with Crippen molar-refractivity contribution in [2.45, 2.75) is 26.9 Å². The molecule has 1 heterocycles. The van der Waals surface area contributed by atoms with Gasteiger partial charge in [-0.25, -0.2) is 4.79 Å². The van der Waals surface area contributed by atoms with Crippen LogP contribution in [0.3, 0.4) is 0 Å². The second-order valence-corrected chi connectivity index (χ2v) is 5.54. The summed E-state index contributed by atoms with van der Waals surface area (Å²) >= 11 is 0. The number of aromatic carboxylic acids is 1. The fourth-order valence-corrected chi connectivity index (χ4v) is 1.71. The molecule has 1 unspecified atom stereocenters. The second kappa shape index (κ2) is 6.47. The summed E-state index contributed by atoms with van der Waals surface area (Å²) in [6.07, 6.45) is 1.16. The van der Waals surface area contributed by atoms with Crippen LogP contribution in [0.4, 0.5) is 0 Å². The van der Waals surface area contributed by atoms with Crippen molar-refractivity contribution in [3.63, 3.8) is 0 Å². The molecule has 0 aliphatic carbocycles. The summed E-state index contributed by atoms with van der Waals surface area (Å²) in [5, 5.41) is 11.6. The molecule has 0 fully saturated rings. The van der Waals surface area contributed by atoms with Gasteiger partial charge in [-0.2, -0.15) is 0 Å². The van der Waals surface area contributed by atoms with E-state index in [-0.39, 0.29) is 22.8 Å². The fraction of sp³-hybridized carbons (Fsp3) is 0.500. The van der Waals surface area contributed by atoms with Crippen LogP contribution in [0.25, 0.3) is 0 Å². The van der Waals surface area contributed by atoms with E-state index in [0.29, 0.717) is 6.54 Å². The highest BCUT2D eigenvalue weighted by atomic mass is 16.5. The Kier molecular flexibility index (Phi) is 5.21. The lowest BCUT2D eigenvalue weighted by atomic mass is 9.89. The van der Waals surface area contributed by atoms with Gasteiger partial charge in [-0.05, 0) is 17.5 Å². The van der Waals surface area contributed by atoms with Crippen molar-refractivity contribution in [2.75, 3.05) is 13.7 Å². The third-order valence-electron chi connectivity index (χ3n) is 2.94. The summed E-state index contributed by atoms with van der Waals surface area (Å²) in [6, 6.07) is 2.59. The van der Waals surface area contributed by atoms with E-state index in [4.69, 9.17) is 9.84 Å². The van der Waals surface area contributed by atoms with Crippen LogP contribution in [0.15, 0.2) is 18.3 Å². The molecule has 0 saturated carbocycles. The van der Waals surface area contributed by atoms with Crippen molar-refractivity contribution in [1.29, 1.82) is 0 Å². The smallest absolute Gasteiger partial charge is 0.335 e. The number of carboxylic acids is 1. The Morgan fingerprint density at radius 2 is 2.10 bits per heavy atom. The predicted octanol–water partition coefficient (Wildman–Crippen LogP) is 1.57. The topological polar surface area (TPSA) is 88.5 Å². The molecule has 20 heavy (non-hydrogen) atoms. The number of ether oxygens (including phenoxy) is 1. The third-order valence-corrected chi connectivity index (χ3v) is 2.94. The number of aromatic nitrogens is 1. The molecule has 6 heteroatoms. The molecule has 2 N–H and O–H groups in total. The minimum atomic E-state index is -1.09. The maximum absolute atomic E-state index is 11.9. The Morgan fingerprint density at radius 3 is 2.60 bits per heavy atom. The number of rotatable bonds is 5. The van der Waals surface area contributed by atoms with Crippen molar-refractivity contribution in [2.24, 2.45) is 5.41 Å². The first kappa shape index (κ1) is 16.1. The van der Waals surface area contributed by atoms with Crippen LogP contribution in [0.1, 0.15) is 41.6 Å². The Bertz CT molecular complexity index is 494. The minimum Gasteiger partial charge on any atom is -0.478 e. The first-order valence-electron chi connectivity index (χ1n) is 6.26. The highest BCUT2D eigenvalue weighted by Crippen LogP contribution is 2.21. The van der Waals surface area contributed by atoms with E-state index in [1.807, 2.05) is 20.8 Å². The van der Waals surface area contributed by atoms with Gasteiger partial charge in [0.2, 0.25) is 0 Å². The molecular formula is C14H20N2O4. The molecule has 1 rings (SSSR count). The van der Waals surface area contributed by atoms with Crippen LogP contribution in [0, 0.1) is 5.41 Å². The molecule has 0 spiro atoms. The average molecular weight is 280 g/mol. The van der Waals surface area contributed by atoms with Gasteiger partial charge in [0, 0.05) is 19.9 Å². The van der Waals surface area contributed by atoms with Crippen molar-refractivity contribution in [3.8, 4) is 0 Å². The van der Waals surface area contributed by atoms with Gasteiger partial charge >= 0.3 is 5.97 Å². The molecule has 1 aromatic rings. The average Bonchev–Trinajstić information content (AvgIpc) is 2.37. The summed E-state index contributed by atoms with van der Waals surface area (Å²) in [5.74, 6) is -1.51. The van der Waals surface area contributed by atoms with Gasteiger partial charge in [0.05, 0.1) is 11.7 Å². The van der Waals surface area contributed by atoms with E-state index in [1.54, 1.807) is 7.11 Å². The monoisotopic (exact) mass is 280 g/mol. The van der Waals surface area contributed by atoms with Gasteiger partial charge < -0.3 is 15.2 Å². The zero-order valence-electron chi connectivity index (χ0n) is 12.1. The Morgan fingerprint density at radius 1 is 1.45 bits per heavy atom. The van der Waals surface area contributed by atoms with Crippen molar-refractivity contribution in [3.05, 3.63) is 29.6 Å². The SMILES string of the molecule is COC(CNC(=O)c1cc(C(=O)O)ccn1)C(C)(C)C. The summed E-state index contributed by atoms with van der Waals surface area (Å²) in [7, 11) is 1.59. The van der Waals surface area contributed by atoms with E-state index >= 15 is 0 Å². The van der Waals surface area contributed by atoms with Gasteiger partial charge in [-0.15, -0.1) is 0 Å². The molecule has 0 bridgehead atoms. The quantitative estimate of drug-likeness (QED) is 0.854. The van der Waals surface area contributed by atoms with E-state index in [9.17, 15) is 9.59 Å². The molecule has 1 atom stereocenters. The molecule has 0 aliphatic heterocycles. The summed E-state index contributed by atoms with van der Waals surface area (Å²) in [6.45, 7) is 6.36. The number of carbonyl (C=O) groups excluding carboxylic acids is 1. The van der Waals surface area contributed by atoms with Crippen LogP contribution in [-0.2, 0) is 4.74 Å². The van der Waals surface area contributed by atoms with Crippen molar-refractivity contribution in [1.82, 2.24) is 10.3 Å². The highest BCUT2D eigenvalue weighted by molar-refractivity contribution is 5.95. The van der Waals surface area contributed by atoms with Gasteiger partial charge in [0.15, 0.2) is 0 Å². The van der Waals surface area contributed by atoms with Crippen molar-refractivity contribution >= 4 is 11.9 Å². The summed E-state index contributed by atoms with van der Waals surface area (Å²) in [5.41, 5.74) is -0.00354. The molecule has 0 aromatic carbocycles. The lowest BCUT2D eigenvalue weighted by Crippen LogP contribution is -2.40. The number of hydrogen-bond donors (Lipinski definition) is 2. The molecule has 0 saturated heterocycles. The first-order chi connectivity index (χ1) is 9.25. The molecule has 0 aliphatic rings. The Labute approximate surface area is 118 Å². The van der Waals surface area contributed by atoms with E-state index in [2.05, 4.69) is 10.3 Å². The number of methoxy groups -OCH3 is 1. The largest absolute Gasteiger partial charge is 0.478 e. The fourth-order valence-electron chi connectivity index (χ4n) is 1.71. The molecule has 110 valence electrons. The highest BCUT2D eigenvalue weighted by Gasteiger charge is 2.25. The second-order valence-electron chi connectivity index (χ2n) is 5.54. The number of hydrogen-bond acceptors (Lipinski definition) is 4. The van der Waals surface area contributed by atoms with Gasteiger partial charge in [0.1, 0.15) is 5.69 Å². The van der Waals surface area contributed by atoms with E-state index in [0.717, 1.165) is 0 Å². The molecule has 1 amide bonds. The molecule has 6 nitrogen and oxygen atoms in total. The van der Waals surface area contributed by atoms with Crippen LogP contribution in [-0.4, -0.2) is 41.7 Å². The maximum Gasteiger partial charge on any atom is 0.335 e. The number of pyridine rings is 1. The maximum atomic E-state index is 11.9. The molecule has 1 aromatic heterocycles. The third kappa shape index (κ3) is 4.31. The minimum absolute atomic E-state index is 0.0317. The van der Waals surface area contributed by atoms with E-state index in [1.165, 1.54) is 18.3 Å². The van der Waals surface area contributed by atoms with Crippen LogP contribution in [0.2, 0.25) is 0 Å². The number of nitrogens with one attached hydrogen (secondary N) is 1. The van der Waals surface area contributed by atoms with E-state index < -0.39 is 11.9 Å². The predicted molar refractivity (Wildman–Crippen MR) is 73.8 cm³/mol. The van der Waals surface area contributed by atoms with Crippen molar-refractivity contribution < 1.29 is 19.4 Å². The van der Waals surface area contributed by atoms with Gasteiger partial charge in [-0.3, -0.25) is 9.78 Å². The number of carboxylic acid groups (broad SMARTS) is 1. The Hall–Kier alpha value is -1.95. The number of nitrogens with zero attached hydrogens (tertiary/aromatic N) is 1. The summed E-state index contributed by atoms with van der Waals surface area (Å²) in [4.78, 5) is 26.7. The first-order valence-corrected chi connectivity index (χ1v) is 6.26. The van der Waals surface area contributed by atoms with Crippen LogP contribution in [0.5, 0.6) is 0 Å².